The molecule has 0 saturated heterocycles. The van der Waals surface area contributed by atoms with Crippen LogP contribution >= 0.6 is 0 Å². The van der Waals surface area contributed by atoms with Crippen LogP contribution in [0.1, 0.15) is 46.5 Å². The van der Waals surface area contributed by atoms with Crippen molar-refractivity contribution >= 4 is 12.1 Å². The van der Waals surface area contributed by atoms with E-state index in [2.05, 4.69) is 5.32 Å². The van der Waals surface area contributed by atoms with Crippen LogP contribution in [-0.2, 0) is 9.53 Å². The molecule has 0 heterocycles. The van der Waals surface area contributed by atoms with Gasteiger partial charge in [-0.3, -0.25) is 10.1 Å². The summed E-state index contributed by atoms with van der Waals surface area (Å²) in [6, 6.07) is 0. The van der Waals surface area contributed by atoms with Gasteiger partial charge < -0.3 is 9.84 Å². The minimum Gasteiger partial charge on any atom is -0.481 e. The van der Waals surface area contributed by atoms with Gasteiger partial charge in [-0.25, -0.2) is 4.79 Å². The Morgan fingerprint density at radius 3 is 2.47 bits per heavy atom. The third-order valence-electron chi connectivity index (χ3n) is 1.73. The Hall–Kier alpha value is -1.52. The molecule has 0 unspecified atom stereocenters. The summed E-state index contributed by atoms with van der Waals surface area (Å²) in [7, 11) is 0. The van der Waals surface area contributed by atoms with Gasteiger partial charge in [0, 0.05) is 12.6 Å². The topological polar surface area (TPSA) is 75.6 Å². The van der Waals surface area contributed by atoms with E-state index in [4.69, 9.17) is 9.84 Å². The van der Waals surface area contributed by atoms with E-state index in [9.17, 15) is 9.59 Å². The molecule has 0 fully saturated rings. The molecule has 5 nitrogen and oxygen atoms in total. The summed E-state index contributed by atoms with van der Waals surface area (Å²) < 4.78 is 5.02. The Balaban J connectivity index is 3.54. The first kappa shape index (κ1) is 15.5. The van der Waals surface area contributed by atoms with Gasteiger partial charge >= 0.3 is 12.1 Å². The number of allylic oxidation sites excluding steroid dienone is 1. The summed E-state index contributed by atoms with van der Waals surface area (Å²) in [5, 5.41) is 10.9. The first-order chi connectivity index (χ1) is 7.81. The number of hydrogen-bond donors (Lipinski definition) is 2. The van der Waals surface area contributed by atoms with E-state index in [0.29, 0.717) is 6.42 Å². The molecule has 0 aromatic heterocycles. The van der Waals surface area contributed by atoms with Gasteiger partial charge in [-0.1, -0.05) is 6.08 Å². The molecule has 17 heavy (non-hydrogen) atoms. The molecule has 0 aliphatic carbocycles. The lowest BCUT2D eigenvalue weighted by atomic mass is 10.2. The van der Waals surface area contributed by atoms with Crippen molar-refractivity contribution in [2.24, 2.45) is 0 Å². The van der Waals surface area contributed by atoms with Crippen LogP contribution in [0.15, 0.2) is 12.3 Å². The van der Waals surface area contributed by atoms with E-state index < -0.39 is 17.7 Å². The Morgan fingerprint density at radius 2 is 1.94 bits per heavy atom. The van der Waals surface area contributed by atoms with Gasteiger partial charge in [0.1, 0.15) is 5.60 Å². The summed E-state index contributed by atoms with van der Waals surface area (Å²) in [5.74, 6) is -0.777. The van der Waals surface area contributed by atoms with E-state index in [-0.39, 0.29) is 6.42 Å². The quantitative estimate of drug-likeness (QED) is 0.703. The lowest BCUT2D eigenvalue weighted by Crippen LogP contribution is -2.29. The Morgan fingerprint density at radius 1 is 1.29 bits per heavy atom. The van der Waals surface area contributed by atoms with Crippen LogP contribution < -0.4 is 5.32 Å². The number of carboxylic acids is 1. The maximum atomic E-state index is 11.2. The molecule has 0 aromatic carbocycles. The molecule has 5 heteroatoms. The maximum Gasteiger partial charge on any atom is 0.411 e. The number of carbonyl (C=O) groups excluding carboxylic acids is 1. The lowest BCUT2D eigenvalue weighted by molar-refractivity contribution is -0.137. The highest BCUT2D eigenvalue weighted by molar-refractivity contribution is 5.68. The van der Waals surface area contributed by atoms with Crippen molar-refractivity contribution in [2.75, 3.05) is 0 Å². The minimum absolute atomic E-state index is 0.188. The molecule has 0 aromatic rings. The number of amides is 1. The fourth-order valence-electron chi connectivity index (χ4n) is 1.06. The number of unbranched alkanes of at least 4 members (excludes halogenated alkanes) is 2. The second-order valence-corrected chi connectivity index (χ2v) is 4.69. The average Bonchev–Trinajstić information content (AvgIpc) is 2.12. The summed E-state index contributed by atoms with van der Waals surface area (Å²) >= 11 is 0. The van der Waals surface area contributed by atoms with Crippen LogP contribution in [0.25, 0.3) is 0 Å². The number of carboxylic acid groups (broad SMARTS) is 1. The van der Waals surface area contributed by atoms with E-state index in [1.54, 1.807) is 26.8 Å². The molecule has 1 amide bonds. The largest absolute Gasteiger partial charge is 0.481 e. The highest BCUT2D eigenvalue weighted by Crippen LogP contribution is 2.06. The number of ether oxygens (including phenoxy) is 1. The van der Waals surface area contributed by atoms with Crippen LogP contribution in [0.2, 0.25) is 0 Å². The Kier molecular flexibility index (Phi) is 7.02. The maximum absolute atomic E-state index is 11.2. The van der Waals surface area contributed by atoms with Gasteiger partial charge in [-0.2, -0.15) is 0 Å². The monoisotopic (exact) mass is 243 g/mol. The highest BCUT2D eigenvalue weighted by Gasteiger charge is 2.14. The van der Waals surface area contributed by atoms with Crippen LogP contribution in [-0.4, -0.2) is 22.8 Å². The summed E-state index contributed by atoms with van der Waals surface area (Å²) in [4.78, 5) is 21.4. The van der Waals surface area contributed by atoms with Crippen molar-refractivity contribution in [1.29, 1.82) is 0 Å². The molecular formula is C12H21NO4. The van der Waals surface area contributed by atoms with E-state index in [1.165, 1.54) is 6.20 Å². The minimum atomic E-state index is -0.777. The van der Waals surface area contributed by atoms with E-state index in [1.807, 2.05) is 0 Å². The predicted molar refractivity (Wildman–Crippen MR) is 64.6 cm³/mol. The summed E-state index contributed by atoms with van der Waals surface area (Å²) in [6.07, 6.45) is 5.18. The fraction of sp³-hybridized carbons (Fsp3) is 0.667. The van der Waals surface area contributed by atoms with Gasteiger partial charge in [0.15, 0.2) is 0 Å². The fourth-order valence-corrected chi connectivity index (χ4v) is 1.06. The molecule has 2 N–H and O–H groups in total. The zero-order valence-corrected chi connectivity index (χ0v) is 10.7. The molecule has 0 bridgehead atoms. The van der Waals surface area contributed by atoms with Gasteiger partial charge in [0.25, 0.3) is 0 Å². The third-order valence-corrected chi connectivity index (χ3v) is 1.73. The summed E-state index contributed by atoms with van der Waals surface area (Å²) in [5.41, 5.74) is -0.501. The zero-order chi connectivity index (χ0) is 13.3. The SMILES string of the molecule is CC(C)(C)OC(=O)NC=CCCCCC(=O)O. The number of carbonyl (C=O) groups is 2. The molecule has 0 spiro atoms. The molecule has 0 aliphatic heterocycles. The van der Waals surface area contributed by atoms with Gasteiger partial charge in [0.05, 0.1) is 0 Å². The molecule has 0 saturated carbocycles. The number of nitrogens with one attached hydrogen (secondary N) is 1. The molecular weight excluding hydrogens is 222 g/mol. The van der Waals surface area contributed by atoms with E-state index in [0.717, 1.165) is 12.8 Å². The Labute approximate surface area is 102 Å². The first-order valence-electron chi connectivity index (χ1n) is 5.67. The molecule has 0 rings (SSSR count). The lowest BCUT2D eigenvalue weighted by Gasteiger charge is -2.18. The molecule has 0 radical (unpaired) electrons. The van der Waals surface area contributed by atoms with E-state index >= 15 is 0 Å². The van der Waals surface area contributed by atoms with Gasteiger partial charge in [-0.05, 0) is 40.0 Å². The third kappa shape index (κ3) is 12.4. The standard InChI is InChI=1S/C12H21NO4/c1-12(2,3)17-11(16)13-9-7-5-4-6-8-10(14)15/h7,9H,4-6,8H2,1-3H3,(H,13,16)(H,14,15). The van der Waals surface area contributed by atoms with Crippen LogP contribution in [0.3, 0.4) is 0 Å². The number of alkyl carbamates (subject to hydrolysis) is 1. The average molecular weight is 243 g/mol. The van der Waals surface area contributed by atoms with Crippen molar-refractivity contribution in [3.8, 4) is 0 Å². The molecule has 98 valence electrons. The number of hydrogen-bond acceptors (Lipinski definition) is 3. The van der Waals surface area contributed by atoms with Crippen molar-refractivity contribution in [3.63, 3.8) is 0 Å². The smallest absolute Gasteiger partial charge is 0.411 e. The highest BCUT2D eigenvalue weighted by atomic mass is 16.6. The number of aliphatic carboxylic acids is 1. The second-order valence-electron chi connectivity index (χ2n) is 4.69. The molecule has 0 atom stereocenters. The van der Waals surface area contributed by atoms with Crippen LogP contribution in [0.4, 0.5) is 4.79 Å². The van der Waals surface area contributed by atoms with Crippen molar-refractivity contribution in [1.82, 2.24) is 5.32 Å². The van der Waals surface area contributed by atoms with Gasteiger partial charge in [0.2, 0.25) is 0 Å². The van der Waals surface area contributed by atoms with Gasteiger partial charge in [-0.15, -0.1) is 0 Å². The zero-order valence-electron chi connectivity index (χ0n) is 10.7. The number of rotatable bonds is 6. The van der Waals surface area contributed by atoms with Crippen molar-refractivity contribution < 1.29 is 19.4 Å². The Bertz CT molecular complexity index is 279. The molecule has 0 aliphatic rings. The first-order valence-corrected chi connectivity index (χ1v) is 5.67. The normalized spacial score (nSPS) is 11.5. The summed E-state index contributed by atoms with van der Waals surface area (Å²) in [6.45, 7) is 5.38. The van der Waals surface area contributed by atoms with Crippen molar-refractivity contribution in [3.05, 3.63) is 12.3 Å². The second kappa shape index (κ2) is 7.70. The van der Waals surface area contributed by atoms with Crippen LogP contribution in [0.5, 0.6) is 0 Å². The van der Waals surface area contributed by atoms with Crippen LogP contribution in [0, 0.1) is 0 Å². The predicted octanol–water partition coefficient (Wildman–Crippen LogP) is 2.67. The van der Waals surface area contributed by atoms with Crippen molar-refractivity contribution in [2.45, 2.75) is 52.1 Å².